The lowest BCUT2D eigenvalue weighted by atomic mass is 10.3. The zero-order valence-corrected chi connectivity index (χ0v) is 18.5. The van der Waals surface area contributed by atoms with Crippen LogP contribution in [0.3, 0.4) is 0 Å². The van der Waals surface area contributed by atoms with Crippen molar-refractivity contribution in [3.63, 3.8) is 0 Å². The first kappa shape index (κ1) is 22.2. The van der Waals surface area contributed by atoms with Gasteiger partial charge in [-0.3, -0.25) is 4.72 Å². The molecule has 1 heterocycles. The Hall–Kier alpha value is -2.44. The number of alkyl halides is 3. The van der Waals surface area contributed by atoms with Gasteiger partial charge in [-0.2, -0.15) is 18.3 Å². The predicted octanol–water partition coefficient (Wildman–Crippen LogP) is 4.64. The fourth-order valence-corrected chi connectivity index (χ4v) is 4.37. The van der Waals surface area contributed by atoms with Crippen molar-refractivity contribution in [3.8, 4) is 5.69 Å². The minimum absolute atomic E-state index is 0.108. The van der Waals surface area contributed by atoms with Crippen LogP contribution in [0.5, 0.6) is 0 Å². The number of sulfonamides is 1. The summed E-state index contributed by atoms with van der Waals surface area (Å²) in [5.41, 5.74) is 0.0494. The third-order valence-electron chi connectivity index (χ3n) is 3.96. The van der Waals surface area contributed by atoms with Gasteiger partial charge in [0.15, 0.2) is 10.8 Å². The zero-order valence-electron chi connectivity index (χ0n) is 15.2. The zero-order chi connectivity index (χ0) is 22.1. The van der Waals surface area contributed by atoms with Crippen molar-refractivity contribution in [2.45, 2.75) is 18.0 Å². The minimum atomic E-state index is -4.62. The third-order valence-corrected chi connectivity index (χ3v) is 6.61. The van der Waals surface area contributed by atoms with Crippen LogP contribution < -0.4 is 10.0 Å². The van der Waals surface area contributed by atoms with Gasteiger partial charge in [-0.15, -0.1) is 0 Å². The molecule has 0 aliphatic carbocycles. The highest BCUT2D eigenvalue weighted by atomic mass is 79.9. The van der Waals surface area contributed by atoms with Crippen LogP contribution in [0, 0.1) is 6.92 Å². The van der Waals surface area contributed by atoms with Gasteiger partial charge in [-0.1, -0.05) is 18.2 Å². The molecule has 3 aromatic rings. The van der Waals surface area contributed by atoms with Crippen molar-refractivity contribution in [2.24, 2.45) is 0 Å². The van der Waals surface area contributed by atoms with Crippen LogP contribution in [-0.4, -0.2) is 23.3 Å². The Labute approximate surface area is 184 Å². The van der Waals surface area contributed by atoms with E-state index in [1.54, 1.807) is 30.3 Å². The first-order chi connectivity index (χ1) is 14.0. The second-order valence-corrected chi connectivity index (χ2v) is 8.96. The summed E-state index contributed by atoms with van der Waals surface area (Å²) >= 11 is 7.93. The van der Waals surface area contributed by atoms with E-state index in [1.165, 1.54) is 31.2 Å². The first-order valence-corrected chi connectivity index (χ1v) is 11.0. The Kier molecular flexibility index (Phi) is 6.20. The summed E-state index contributed by atoms with van der Waals surface area (Å²) in [6, 6.07) is 14.0. The summed E-state index contributed by atoms with van der Waals surface area (Å²) in [7, 11) is -3.99. The molecular formula is C18H14BrF3N4O2S2. The maximum atomic E-state index is 13.0. The Balaban J connectivity index is 1.81. The molecule has 30 heavy (non-hydrogen) atoms. The standard InChI is InChI=1S/C18H14BrF3N4O2S2/c1-11-15(19)16(18(20,21)22)24-26(11)13-7-9-14(10-8-13)30(27,28)25-17(29)23-12-5-3-2-4-6-12/h2-10H,1H3,(H2,23,25,29). The number of anilines is 1. The van der Waals surface area contributed by atoms with Gasteiger partial charge in [0, 0.05) is 5.69 Å². The average Bonchev–Trinajstić information content (AvgIpc) is 2.97. The molecule has 0 atom stereocenters. The number of nitrogens with zero attached hydrogens (tertiary/aromatic N) is 2. The largest absolute Gasteiger partial charge is 0.436 e. The monoisotopic (exact) mass is 518 g/mol. The second kappa shape index (κ2) is 8.36. The molecule has 0 aliphatic rings. The SMILES string of the molecule is Cc1c(Br)c(C(F)(F)F)nn1-c1ccc(S(=O)(=O)NC(=S)Nc2ccccc2)cc1. The normalized spacial score (nSPS) is 11.9. The van der Waals surface area contributed by atoms with Gasteiger partial charge < -0.3 is 5.32 Å². The lowest BCUT2D eigenvalue weighted by Gasteiger charge is -2.12. The van der Waals surface area contributed by atoms with Gasteiger partial charge >= 0.3 is 6.18 Å². The van der Waals surface area contributed by atoms with Gasteiger partial charge in [-0.05, 0) is 71.5 Å². The summed E-state index contributed by atoms with van der Waals surface area (Å²) in [6.45, 7) is 1.46. The van der Waals surface area contributed by atoms with Crippen molar-refractivity contribution in [3.05, 3.63) is 70.5 Å². The molecular weight excluding hydrogens is 505 g/mol. The highest BCUT2D eigenvalue weighted by Gasteiger charge is 2.38. The van der Waals surface area contributed by atoms with Crippen molar-refractivity contribution >= 4 is 49.0 Å². The van der Waals surface area contributed by atoms with E-state index < -0.39 is 21.9 Å². The first-order valence-electron chi connectivity index (χ1n) is 8.30. The molecule has 0 fully saturated rings. The van der Waals surface area contributed by atoms with Crippen molar-refractivity contribution in [1.29, 1.82) is 0 Å². The molecule has 2 aromatic carbocycles. The van der Waals surface area contributed by atoms with E-state index in [9.17, 15) is 21.6 Å². The Morgan fingerprint density at radius 3 is 2.23 bits per heavy atom. The molecule has 1 aromatic heterocycles. The summed E-state index contributed by atoms with van der Waals surface area (Å²) in [5.74, 6) is 0. The summed E-state index contributed by atoms with van der Waals surface area (Å²) in [5, 5.41) is 6.22. The number of rotatable bonds is 4. The molecule has 0 saturated heterocycles. The molecule has 0 spiro atoms. The van der Waals surface area contributed by atoms with Crippen molar-refractivity contribution < 1.29 is 21.6 Å². The molecule has 0 amide bonds. The molecule has 3 rings (SSSR count). The van der Waals surface area contributed by atoms with Crippen LogP contribution in [0.2, 0.25) is 0 Å². The number of para-hydroxylation sites is 1. The van der Waals surface area contributed by atoms with E-state index in [0.29, 0.717) is 5.69 Å². The Bertz CT molecular complexity index is 1180. The average molecular weight is 519 g/mol. The van der Waals surface area contributed by atoms with Crippen LogP contribution >= 0.6 is 28.1 Å². The van der Waals surface area contributed by atoms with Crippen LogP contribution in [0.15, 0.2) is 64.0 Å². The molecule has 2 N–H and O–H groups in total. The van der Waals surface area contributed by atoms with Gasteiger partial charge in [0.1, 0.15) is 0 Å². The summed E-state index contributed by atoms with van der Waals surface area (Å²) in [4.78, 5) is -0.108. The molecule has 0 bridgehead atoms. The second-order valence-electron chi connectivity index (χ2n) is 6.08. The Morgan fingerprint density at radius 1 is 1.10 bits per heavy atom. The van der Waals surface area contributed by atoms with Gasteiger partial charge in [0.2, 0.25) is 0 Å². The highest BCUT2D eigenvalue weighted by molar-refractivity contribution is 9.10. The lowest BCUT2D eigenvalue weighted by molar-refractivity contribution is -0.141. The molecule has 0 saturated carbocycles. The van der Waals surface area contributed by atoms with Crippen LogP contribution in [-0.2, 0) is 16.2 Å². The van der Waals surface area contributed by atoms with Gasteiger partial charge in [0.05, 0.1) is 20.7 Å². The van der Waals surface area contributed by atoms with E-state index in [0.717, 1.165) is 4.68 Å². The topological polar surface area (TPSA) is 76.0 Å². The Morgan fingerprint density at radius 2 is 1.70 bits per heavy atom. The number of aromatic nitrogens is 2. The summed E-state index contributed by atoms with van der Waals surface area (Å²) < 4.78 is 67.3. The predicted molar refractivity (Wildman–Crippen MR) is 114 cm³/mol. The van der Waals surface area contributed by atoms with E-state index in [1.807, 2.05) is 0 Å². The van der Waals surface area contributed by atoms with E-state index in [2.05, 4.69) is 31.1 Å². The fraction of sp³-hybridized carbons (Fsp3) is 0.111. The van der Waals surface area contributed by atoms with Crippen LogP contribution in [0.25, 0.3) is 5.69 Å². The molecule has 0 radical (unpaired) electrons. The number of hydrogen-bond acceptors (Lipinski definition) is 4. The smallest absolute Gasteiger partial charge is 0.332 e. The fourth-order valence-electron chi connectivity index (χ4n) is 2.54. The van der Waals surface area contributed by atoms with Crippen molar-refractivity contribution in [2.75, 3.05) is 5.32 Å². The van der Waals surface area contributed by atoms with Gasteiger partial charge in [-0.25, -0.2) is 13.1 Å². The number of nitrogens with one attached hydrogen (secondary N) is 2. The molecule has 12 heteroatoms. The van der Waals surface area contributed by atoms with E-state index >= 15 is 0 Å². The molecule has 0 aliphatic heterocycles. The number of halogens is 4. The van der Waals surface area contributed by atoms with E-state index in [-0.39, 0.29) is 25.9 Å². The highest BCUT2D eigenvalue weighted by Crippen LogP contribution is 2.36. The maximum absolute atomic E-state index is 13.0. The van der Waals surface area contributed by atoms with E-state index in [4.69, 9.17) is 12.2 Å². The number of hydrogen-bond donors (Lipinski definition) is 2. The van der Waals surface area contributed by atoms with Gasteiger partial charge in [0.25, 0.3) is 10.0 Å². The quantitative estimate of drug-likeness (QED) is 0.492. The van der Waals surface area contributed by atoms with Crippen LogP contribution in [0.1, 0.15) is 11.4 Å². The third kappa shape index (κ3) is 4.82. The number of benzene rings is 2. The maximum Gasteiger partial charge on any atom is 0.436 e. The van der Waals surface area contributed by atoms with Crippen molar-refractivity contribution in [1.82, 2.24) is 14.5 Å². The lowest BCUT2D eigenvalue weighted by Crippen LogP contribution is -2.34. The molecule has 0 unspecified atom stereocenters. The number of thiocarbonyl (C=S) groups is 1. The molecule has 6 nitrogen and oxygen atoms in total. The molecule has 158 valence electrons. The van der Waals surface area contributed by atoms with Crippen LogP contribution in [0.4, 0.5) is 18.9 Å². The summed E-state index contributed by atoms with van der Waals surface area (Å²) in [6.07, 6.45) is -4.62. The minimum Gasteiger partial charge on any atom is -0.332 e.